The molecule has 2 aliphatic heterocycles. The maximum absolute atomic E-state index is 12.6. The van der Waals surface area contributed by atoms with Crippen molar-refractivity contribution >= 4 is 17.5 Å². The van der Waals surface area contributed by atoms with Crippen LogP contribution in [0.25, 0.3) is 0 Å². The van der Waals surface area contributed by atoms with Crippen molar-refractivity contribution in [3.8, 4) is 0 Å². The Bertz CT molecular complexity index is 662. The molecule has 2 amide bonds. The number of nitrogens with zero attached hydrogens (tertiary/aromatic N) is 1. The number of hydrogen-bond acceptors (Lipinski definition) is 3. The third kappa shape index (κ3) is 5.00. The van der Waals surface area contributed by atoms with E-state index in [4.69, 9.17) is 4.74 Å². The fourth-order valence-corrected chi connectivity index (χ4v) is 3.55. The Kier molecular flexibility index (Phi) is 6.04. The third-order valence-corrected chi connectivity index (χ3v) is 5.23. The fourth-order valence-electron chi connectivity index (χ4n) is 3.55. The first-order chi connectivity index (χ1) is 12.8. The predicted molar refractivity (Wildman–Crippen MR) is 92.9 cm³/mol. The molecule has 0 atom stereocenters. The Morgan fingerprint density at radius 3 is 2.11 bits per heavy atom. The molecule has 0 spiro atoms. The van der Waals surface area contributed by atoms with E-state index in [2.05, 4.69) is 5.32 Å². The zero-order chi connectivity index (χ0) is 19.4. The number of alkyl halides is 3. The lowest BCUT2D eigenvalue weighted by Gasteiger charge is -2.34. The van der Waals surface area contributed by atoms with E-state index in [1.807, 2.05) is 4.90 Å². The maximum atomic E-state index is 12.6. The molecule has 0 aliphatic carbocycles. The van der Waals surface area contributed by atoms with E-state index in [0.717, 1.165) is 25.0 Å². The number of ether oxygens (including phenoxy) is 1. The molecule has 0 saturated carbocycles. The van der Waals surface area contributed by atoms with Gasteiger partial charge in [-0.2, -0.15) is 13.2 Å². The number of hydrogen-bond donors (Lipinski definition) is 1. The molecule has 148 valence electrons. The quantitative estimate of drug-likeness (QED) is 0.870. The number of piperidine rings is 1. The smallest absolute Gasteiger partial charge is 0.381 e. The summed E-state index contributed by atoms with van der Waals surface area (Å²) in [6.07, 6.45) is -1.80. The summed E-state index contributed by atoms with van der Waals surface area (Å²) in [5, 5.41) is 2.67. The van der Waals surface area contributed by atoms with Crippen LogP contribution in [0.4, 0.5) is 18.9 Å². The third-order valence-electron chi connectivity index (χ3n) is 5.23. The highest BCUT2D eigenvalue weighted by molar-refractivity contribution is 5.92. The van der Waals surface area contributed by atoms with E-state index in [0.29, 0.717) is 44.8 Å². The lowest BCUT2D eigenvalue weighted by atomic mass is 9.93. The van der Waals surface area contributed by atoms with Crippen LogP contribution < -0.4 is 5.32 Å². The number of nitrogens with one attached hydrogen (secondary N) is 1. The summed E-state index contributed by atoms with van der Waals surface area (Å²) < 4.78 is 43.0. The summed E-state index contributed by atoms with van der Waals surface area (Å²) in [5.74, 6) is -0.310. The van der Waals surface area contributed by atoms with Gasteiger partial charge in [0.1, 0.15) is 0 Å². The minimum Gasteiger partial charge on any atom is -0.381 e. The highest BCUT2D eigenvalue weighted by atomic mass is 19.4. The highest BCUT2D eigenvalue weighted by Crippen LogP contribution is 2.30. The van der Waals surface area contributed by atoms with E-state index in [9.17, 15) is 22.8 Å². The standard InChI is InChI=1S/C19H23F3N2O3/c20-19(21,22)15-1-3-16(4-2-15)23-17(25)13-5-9-24(10-6-13)18(26)14-7-11-27-12-8-14/h1-4,13-14H,5-12H2,(H,23,25). The van der Waals surface area contributed by atoms with Gasteiger partial charge < -0.3 is 15.0 Å². The van der Waals surface area contributed by atoms with Gasteiger partial charge in [0.15, 0.2) is 0 Å². The topological polar surface area (TPSA) is 58.6 Å². The van der Waals surface area contributed by atoms with Gasteiger partial charge in [0.05, 0.1) is 5.56 Å². The molecular formula is C19H23F3N2O3. The number of rotatable bonds is 3. The van der Waals surface area contributed by atoms with Crippen molar-refractivity contribution in [2.75, 3.05) is 31.6 Å². The van der Waals surface area contributed by atoms with E-state index >= 15 is 0 Å². The largest absolute Gasteiger partial charge is 0.416 e. The molecule has 1 N–H and O–H groups in total. The summed E-state index contributed by atoms with van der Waals surface area (Å²) in [5.41, 5.74) is -0.408. The molecular weight excluding hydrogens is 361 g/mol. The molecule has 3 rings (SSSR count). The molecule has 27 heavy (non-hydrogen) atoms. The second-order valence-electron chi connectivity index (χ2n) is 7.05. The molecule has 2 heterocycles. The van der Waals surface area contributed by atoms with Crippen molar-refractivity contribution < 1.29 is 27.5 Å². The average Bonchev–Trinajstić information content (AvgIpc) is 2.68. The van der Waals surface area contributed by atoms with Gasteiger partial charge >= 0.3 is 6.18 Å². The number of amides is 2. The number of carbonyl (C=O) groups is 2. The van der Waals surface area contributed by atoms with Gasteiger partial charge in [-0.05, 0) is 49.9 Å². The van der Waals surface area contributed by atoms with Crippen molar-refractivity contribution in [3.05, 3.63) is 29.8 Å². The minimum atomic E-state index is -4.40. The Labute approximate surface area is 155 Å². The summed E-state index contributed by atoms with van der Waals surface area (Å²) >= 11 is 0. The number of benzene rings is 1. The molecule has 2 fully saturated rings. The summed E-state index contributed by atoms with van der Waals surface area (Å²) in [6.45, 7) is 2.29. The predicted octanol–water partition coefficient (Wildman–Crippen LogP) is 3.31. The van der Waals surface area contributed by atoms with E-state index in [1.165, 1.54) is 12.1 Å². The molecule has 2 aliphatic rings. The summed E-state index contributed by atoms with van der Waals surface area (Å²) in [4.78, 5) is 26.7. The molecule has 0 bridgehead atoms. The van der Waals surface area contributed by atoms with Crippen LogP contribution in [0.3, 0.4) is 0 Å². The van der Waals surface area contributed by atoms with Crippen LogP contribution in [0, 0.1) is 11.8 Å². The van der Waals surface area contributed by atoms with Crippen LogP contribution in [-0.2, 0) is 20.5 Å². The zero-order valence-electron chi connectivity index (χ0n) is 14.9. The SMILES string of the molecule is O=C(Nc1ccc(C(F)(F)F)cc1)C1CCN(C(=O)C2CCOCC2)CC1. The molecule has 0 aromatic heterocycles. The molecule has 0 radical (unpaired) electrons. The second kappa shape index (κ2) is 8.29. The van der Waals surface area contributed by atoms with E-state index in [1.54, 1.807) is 0 Å². The lowest BCUT2D eigenvalue weighted by molar-refractivity contribution is -0.141. The van der Waals surface area contributed by atoms with Crippen LogP contribution in [0.5, 0.6) is 0 Å². The molecule has 0 unspecified atom stereocenters. The van der Waals surface area contributed by atoms with Crippen molar-refractivity contribution in [1.82, 2.24) is 4.90 Å². The first-order valence-corrected chi connectivity index (χ1v) is 9.19. The lowest BCUT2D eigenvalue weighted by Crippen LogP contribution is -2.45. The molecule has 1 aromatic carbocycles. The number of carbonyl (C=O) groups excluding carboxylic acids is 2. The molecule has 2 saturated heterocycles. The normalized spacial score (nSPS) is 19.7. The minimum absolute atomic E-state index is 0.0104. The molecule has 1 aromatic rings. The Hall–Kier alpha value is -2.09. The molecule has 5 nitrogen and oxygen atoms in total. The van der Waals surface area contributed by atoms with Crippen molar-refractivity contribution in [1.29, 1.82) is 0 Å². The van der Waals surface area contributed by atoms with E-state index in [-0.39, 0.29) is 23.7 Å². The van der Waals surface area contributed by atoms with Gasteiger partial charge in [0.25, 0.3) is 0 Å². The van der Waals surface area contributed by atoms with Gasteiger partial charge in [0, 0.05) is 43.8 Å². The Morgan fingerprint density at radius 2 is 1.56 bits per heavy atom. The van der Waals surface area contributed by atoms with Gasteiger partial charge in [-0.25, -0.2) is 0 Å². The highest BCUT2D eigenvalue weighted by Gasteiger charge is 2.32. The van der Waals surface area contributed by atoms with Crippen LogP contribution in [-0.4, -0.2) is 43.0 Å². The van der Waals surface area contributed by atoms with Crippen molar-refractivity contribution in [2.45, 2.75) is 31.9 Å². The Morgan fingerprint density at radius 1 is 0.963 bits per heavy atom. The summed E-state index contributed by atoms with van der Waals surface area (Å²) in [7, 11) is 0. The van der Waals surface area contributed by atoms with Gasteiger partial charge in [0.2, 0.25) is 11.8 Å². The Balaban J connectivity index is 1.49. The van der Waals surface area contributed by atoms with Crippen LogP contribution in [0.1, 0.15) is 31.2 Å². The van der Waals surface area contributed by atoms with Crippen molar-refractivity contribution in [3.63, 3.8) is 0 Å². The van der Waals surface area contributed by atoms with Gasteiger partial charge in [-0.1, -0.05) is 0 Å². The molecule has 8 heteroatoms. The van der Waals surface area contributed by atoms with Crippen LogP contribution >= 0.6 is 0 Å². The summed E-state index contributed by atoms with van der Waals surface area (Å²) in [6, 6.07) is 4.41. The number of halogens is 3. The first-order valence-electron chi connectivity index (χ1n) is 9.19. The number of anilines is 1. The fraction of sp³-hybridized carbons (Fsp3) is 0.579. The zero-order valence-corrected chi connectivity index (χ0v) is 14.9. The average molecular weight is 384 g/mol. The van der Waals surface area contributed by atoms with Crippen LogP contribution in [0.15, 0.2) is 24.3 Å². The van der Waals surface area contributed by atoms with Gasteiger partial charge in [-0.3, -0.25) is 9.59 Å². The van der Waals surface area contributed by atoms with Crippen molar-refractivity contribution in [2.24, 2.45) is 11.8 Å². The second-order valence-corrected chi connectivity index (χ2v) is 7.05. The maximum Gasteiger partial charge on any atom is 0.416 e. The number of likely N-dealkylation sites (tertiary alicyclic amines) is 1. The van der Waals surface area contributed by atoms with Gasteiger partial charge in [-0.15, -0.1) is 0 Å². The monoisotopic (exact) mass is 384 g/mol. The van der Waals surface area contributed by atoms with Crippen LogP contribution in [0.2, 0.25) is 0 Å². The first kappa shape index (κ1) is 19.7. The van der Waals surface area contributed by atoms with E-state index < -0.39 is 11.7 Å².